The highest BCUT2D eigenvalue weighted by Gasteiger charge is 2.15. The Morgan fingerprint density at radius 1 is 1.75 bits per heavy atom. The zero-order valence-electron chi connectivity index (χ0n) is 9.13. The molecule has 16 heavy (non-hydrogen) atoms. The van der Waals surface area contributed by atoms with Crippen LogP contribution in [0.4, 0.5) is 5.82 Å². The van der Waals surface area contributed by atoms with Crippen LogP contribution in [-0.4, -0.2) is 34.1 Å². The number of amidine groups is 1. The molecule has 3 N–H and O–H groups in total. The molecule has 6 nitrogen and oxygen atoms in total. The number of aromatic nitrogens is 2. The summed E-state index contributed by atoms with van der Waals surface area (Å²) < 4.78 is 0.967. The van der Waals surface area contributed by atoms with Crippen LogP contribution >= 0.6 is 22.6 Å². The second kappa shape index (κ2) is 5.83. The molecule has 88 valence electrons. The van der Waals surface area contributed by atoms with E-state index in [0.717, 1.165) is 9.39 Å². The Kier molecular flexibility index (Phi) is 4.71. The first-order valence-corrected chi connectivity index (χ1v) is 5.79. The Balaban J connectivity index is 2.78. The number of nitrogens with zero attached hydrogens (tertiary/aromatic N) is 4. The molecule has 0 fully saturated rings. The van der Waals surface area contributed by atoms with Crippen molar-refractivity contribution in [3.05, 3.63) is 16.1 Å². The molecule has 0 amide bonds. The van der Waals surface area contributed by atoms with Crippen LogP contribution in [0.25, 0.3) is 0 Å². The molecular formula is C9H14IN5O. The number of rotatable bonds is 4. The third-order valence-corrected chi connectivity index (χ3v) is 3.04. The lowest BCUT2D eigenvalue weighted by Gasteiger charge is -2.26. The predicted molar refractivity (Wildman–Crippen MR) is 70.6 cm³/mol. The van der Waals surface area contributed by atoms with Crippen LogP contribution in [0.1, 0.15) is 13.3 Å². The van der Waals surface area contributed by atoms with Crippen LogP contribution in [0.5, 0.6) is 0 Å². The molecule has 0 saturated carbocycles. The zero-order chi connectivity index (χ0) is 12.1. The fraction of sp³-hybridized carbons (Fsp3) is 0.444. The Labute approximate surface area is 108 Å². The monoisotopic (exact) mass is 335 g/mol. The largest absolute Gasteiger partial charge is 0.409 e. The first-order valence-electron chi connectivity index (χ1n) is 4.71. The van der Waals surface area contributed by atoms with Crippen LogP contribution in [0.15, 0.2) is 17.7 Å². The van der Waals surface area contributed by atoms with Gasteiger partial charge < -0.3 is 15.8 Å². The predicted octanol–water partition coefficient (Wildman–Crippen LogP) is 1.04. The van der Waals surface area contributed by atoms with Crippen molar-refractivity contribution in [1.82, 2.24) is 9.97 Å². The van der Waals surface area contributed by atoms with Crippen LogP contribution in [-0.2, 0) is 0 Å². The van der Waals surface area contributed by atoms with Gasteiger partial charge in [-0.15, -0.1) is 0 Å². The van der Waals surface area contributed by atoms with E-state index in [0.29, 0.717) is 6.42 Å². The Morgan fingerprint density at radius 3 is 3.00 bits per heavy atom. The smallest absolute Gasteiger partial charge is 0.145 e. The van der Waals surface area contributed by atoms with Crippen molar-refractivity contribution in [3.8, 4) is 0 Å². The topological polar surface area (TPSA) is 87.6 Å². The van der Waals surface area contributed by atoms with Crippen LogP contribution in [0.3, 0.4) is 0 Å². The van der Waals surface area contributed by atoms with E-state index in [2.05, 4.69) is 37.7 Å². The van der Waals surface area contributed by atoms with Crippen molar-refractivity contribution >= 4 is 34.2 Å². The normalized spacial score (nSPS) is 13.6. The summed E-state index contributed by atoms with van der Waals surface area (Å²) >= 11 is 2.17. The molecule has 1 rings (SSSR count). The minimum atomic E-state index is 0.0966. The number of hydrogen-bond donors (Lipinski definition) is 2. The second-order valence-electron chi connectivity index (χ2n) is 3.45. The number of oxime groups is 1. The van der Waals surface area contributed by atoms with E-state index in [4.69, 9.17) is 10.9 Å². The van der Waals surface area contributed by atoms with Gasteiger partial charge >= 0.3 is 0 Å². The maximum absolute atomic E-state index is 8.51. The molecule has 0 radical (unpaired) electrons. The minimum absolute atomic E-state index is 0.0966. The molecule has 1 aromatic rings. The van der Waals surface area contributed by atoms with Gasteiger partial charge in [0.2, 0.25) is 0 Å². The molecule has 0 bridgehead atoms. The van der Waals surface area contributed by atoms with E-state index in [1.165, 1.54) is 6.33 Å². The van der Waals surface area contributed by atoms with Crippen LogP contribution in [0, 0.1) is 3.57 Å². The van der Waals surface area contributed by atoms with Crippen molar-refractivity contribution in [2.45, 2.75) is 19.4 Å². The second-order valence-corrected chi connectivity index (χ2v) is 4.61. The molecule has 1 atom stereocenters. The summed E-state index contributed by atoms with van der Waals surface area (Å²) in [5.74, 6) is 1.05. The van der Waals surface area contributed by atoms with Crippen molar-refractivity contribution in [2.24, 2.45) is 10.9 Å². The summed E-state index contributed by atoms with van der Waals surface area (Å²) in [5, 5.41) is 11.5. The molecule has 0 saturated heterocycles. The van der Waals surface area contributed by atoms with Crippen molar-refractivity contribution in [3.63, 3.8) is 0 Å². The summed E-state index contributed by atoms with van der Waals surface area (Å²) in [6, 6.07) is 0.0966. The fourth-order valence-corrected chi connectivity index (χ4v) is 1.94. The Hall–Kier alpha value is -1.12. The van der Waals surface area contributed by atoms with Gasteiger partial charge in [0.15, 0.2) is 0 Å². The molecule has 0 aliphatic carbocycles. The lowest BCUT2D eigenvalue weighted by atomic mass is 10.2. The summed E-state index contributed by atoms with van der Waals surface area (Å²) in [7, 11) is 1.92. The summed E-state index contributed by atoms with van der Waals surface area (Å²) in [6.45, 7) is 1.98. The Bertz CT molecular complexity index is 384. The van der Waals surface area contributed by atoms with E-state index < -0.39 is 0 Å². The van der Waals surface area contributed by atoms with Gasteiger partial charge in [0.25, 0.3) is 0 Å². The lowest BCUT2D eigenvalue weighted by molar-refractivity contribution is 0.316. The van der Waals surface area contributed by atoms with E-state index in [1.54, 1.807) is 6.20 Å². The van der Waals surface area contributed by atoms with Crippen molar-refractivity contribution < 1.29 is 5.21 Å². The summed E-state index contributed by atoms with van der Waals surface area (Å²) in [4.78, 5) is 10.1. The molecule has 0 aliphatic rings. The average Bonchev–Trinajstić information content (AvgIpc) is 2.28. The van der Waals surface area contributed by atoms with Gasteiger partial charge in [0, 0.05) is 25.7 Å². The Morgan fingerprint density at radius 2 is 2.44 bits per heavy atom. The maximum Gasteiger partial charge on any atom is 0.145 e. The minimum Gasteiger partial charge on any atom is -0.409 e. The highest BCUT2D eigenvalue weighted by atomic mass is 127. The first kappa shape index (κ1) is 12.9. The molecule has 1 heterocycles. The average molecular weight is 335 g/mol. The van der Waals surface area contributed by atoms with Gasteiger partial charge in [-0.25, -0.2) is 9.97 Å². The third-order valence-electron chi connectivity index (χ3n) is 2.28. The van der Waals surface area contributed by atoms with E-state index in [1.807, 2.05) is 18.9 Å². The number of nitrogens with two attached hydrogens (primary N) is 1. The summed E-state index contributed by atoms with van der Waals surface area (Å²) in [5.41, 5.74) is 5.47. The standard InChI is InChI=1S/C9H14IN5O/c1-6(3-8(11)14-16)15(2)9-7(10)4-12-5-13-9/h4-6,16H,3H2,1-2H3,(H2,11,14). The van der Waals surface area contributed by atoms with Gasteiger partial charge in [-0.05, 0) is 29.5 Å². The fourth-order valence-electron chi connectivity index (χ4n) is 1.25. The van der Waals surface area contributed by atoms with Crippen molar-refractivity contribution in [2.75, 3.05) is 11.9 Å². The first-order chi connectivity index (χ1) is 7.56. The third kappa shape index (κ3) is 3.19. The van der Waals surface area contributed by atoms with Crippen LogP contribution < -0.4 is 10.6 Å². The molecule has 7 heteroatoms. The molecule has 1 aromatic heterocycles. The molecule has 0 aromatic carbocycles. The van der Waals surface area contributed by atoms with Crippen molar-refractivity contribution in [1.29, 1.82) is 0 Å². The van der Waals surface area contributed by atoms with E-state index in [9.17, 15) is 0 Å². The SMILES string of the molecule is CC(CC(N)=NO)N(C)c1ncncc1I. The molecule has 1 unspecified atom stereocenters. The highest BCUT2D eigenvalue weighted by Crippen LogP contribution is 2.19. The van der Waals surface area contributed by atoms with Gasteiger partial charge in [-0.1, -0.05) is 5.16 Å². The van der Waals surface area contributed by atoms with E-state index in [-0.39, 0.29) is 11.9 Å². The molecule has 0 aliphatic heterocycles. The lowest BCUT2D eigenvalue weighted by Crippen LogP contribution is -2.34. The van der Waals surface area contributed by atoms with Gasteiger partial charge in [0.05, 0.1) is 3.57 Å². The van der Waals surface area contributed by atoms with E-state index >= 15 is 0 Å². The number of hydrogen-bond acceptors (Lipinski definition) is 5. The molecular weight excluding hydrogens is 321 g/mol. The van der Waals surface area contributed by atoms with Crippen LogP contribution in [0.2, 0.25) is 0 Å². The number of halogens is 1. The maximum atomic E-state index is 8.51. The van der Waals surface area contributed by atoms with Gasteiger partial charge in [0.1, 0.15) is 18.0 Å². The highest BCUT2D eigenvalue weighted by molar-refractivity contribution is 14.1. The van der Waals surface area contributed by atoms with Gasteiger partial charge in [-0.3, -0.25) is 0 Å². The van der Waals surface area contributed by atoms with Gasteiger partial charge in [-0.2, -0.15) is 0 Å². The number of anilines is 1. The molecule has 0 spiro atoms. The zero-order valence-corrected chi connectivity index (χ0v) is 11.3. The summed E-state index contributed by atoms with van der Waals surface area (Å²) in [6.07, 6.45) is 3.73. The quantitative estimate of drug-likeness (QED) is 0.282.